The van der Waals surface area contributed by atoms with Gasteiger partial charge in [0.25, 0.3) is 0 Å². The summed E-state index contributed by atoms with van der Waals surface area (Å²) >= 11 is 0. The van der Waals surface area contributed by atoms with Crippen LogP contribution in [-0.4, -0.2) is 140 Å². The minimum atomic E-state index is -0.900. The molecule has 10 atom stereocenters. The highest BCUT2D eigenvalue weighted by molar-refractivity contribution is 5.91. The van der Waals surface area contributed by atoms with E-state index >= 15 is 0 Å². The van der Waals surface area contributed by atoms with Gasteiger partial charge in [-0.05, 0) is 69.3 Å². The molecule has 0 aromatic heterocycles. The topological polar surface area (TPSA) is 187 Å². The van der Waals surface area contributed by atoms with Crippen LogP contribution in [-0.2, 0) is 38.2 Å². The van der Waals surface area contributed by atoms with Gasteiger partial charge in [-0.15, -0.1) is 0 Å². The summed E-state index contributed by atoms with van der Waals surface area (Å²) in [6.07, 6.45) is 8.38. The van der Waals surface area contributed by atoms with Gasteiger partial charge >= 0.3 is 0 Å². The average molecular weight is 897 g/mol. The number of aliphatic hydroxyl groups excluding tert-OH is 1. The van der Waals surface area contributed by atoms with Crippen molar-refractivity contribution in [1.29, 1.82) is 0 Å². The summed E-state index contributed by atoms with van der Waals surface area (Å²) in [5, 5.41) is 19.5. The third kappa shape index (κ3) is 14.6. The summed E-state index contributed by atoms with van der Waals surface area (Å²) in [5.74, 6) is -2.67. The Morgan fingerprint density at radius 3 is 2.17 bits per heavy atom. The Balaban J connectivity index is 1.62. The van der Waals surface area contributed by atoms with Crippen molar-refractivity contribution in [1.82, 2.24) is 30.7 Å². The third-order valence-corrected chi connectivity index (χ3v) is 13.7. The van der Waals surface area contributed by atoms with Crippen LogP contribution in [0.15, 0.2) is 42.5 Å². The molecule has 1 aliphatic heterocycles. The van der Waals surface area contributed by atoms with Crippen molar-refractivity contribution in [2.45, 2.75) is 155 Å². The van der Waals surface area contributed by atoms with E-state index in [0.717, 1.165) is 38.5 Å². The number of ether oxygens (including phenoxy) is 2. The van der Waals surface area contributed by atoms with Crippen molar-refractivity contribution in [3.8, 4) is 0 Å². The van der Waals surface area contributed by atoms with Gasteiger partial charge in [-0.2, -0.15) is 0 Å². The first-order valence-corrected chi connectivity index (χ1v) is 23.4. The Morgan fingerprint density at radius 2 is 1.55 bits per heavy atom. The maximum atomic E-state index is 14.2. The summed E-state index contributed by atoms with van der Waals surface area (Å²) in [7, 11) is 6.27. The summed E-state index contributed by atoms with van der Waals surface area (Å²) in [4.78, 5) is 86.4. The molecule has 1 aromatic carbocycles. The van der Waals surface area contributed by atoms with Crippen molar-refractivity contribution < 1.29 is 43.3 Å². The molecular weight excluding hydrogens is 817 g/mol. The van der Waals surface area contributed by atoms with E-state index in [1.165, 1.54) is 19.1 Å². The second-order valence-corrected chi connectivity index (χ2v) is 18.7. The first kappa shape index (κ1) is 54.0. The highest BCUT2D eigenvalue weighted by Gasteiger charge is 2.42. The Bertz CT molecular complexity index is 1710. The molecule has 0 bridgehead atoms. The number of amides is 6. The molecule has 0 spiro atoms. The van der Waals surface area contributed by atoms with E-state index in [0.29, 0.717) is 24.9 Å². The van der Waals surface area contributed by atoms with E-state index in [-0.39, 0.29) is 73.3 Å². The minimum absolute atomic E-state index is 0.0251. The predicted molar refractivity (Wildman–Crippen MR) is 247 cm³/mol. The number of likely N-dealkylation sites (N-methyl/N-ethyl adjacent to an activating group) is 2. The number of methoxy groups -OCH3 is 2. The van der Waals surface area contributed by atoms with Gasteiger partial charge in [0.15, 0.2) is 0 Å². The van der Waals surface area contributed by atoms with E-state index in [2.05, 4.69) is 28.1 Å². The fourth-order valence-corrected chi connectivity index (χ4v) is 9.44. The van der Waals surface area contributed by atoms with Gasteiger partial charge in [0, 0.05) is 53.2 Å². The molecule has 9 unspecified atom stereocenters. The molecule has 1 fully saturated rings. The minimum Gasteiger partial charge on any atom is -0.386 e. The lowest BCUT2D eigenvalue weighted by molar-refractivity contribution is -0.146. The number of aliphatic hydroxyl groups is 1. The normalized spacial score (nSPS) is 22.0. The Morgan fingerprint density at radius 1 is 0.875 bits per heavy atom. The number of carbonyl (C=O) groups is 6. The number of hydrogen-bond acceptors (Lipinski definition) is 9. The fourth-order valence-electron chi connectivity index (χ4n) is 9.44. The monoisotopic (exact) mass is 897 g/mol. The third-order valence-electron chi connectivity index (χ3n) is 13.7. The molecule has 15 heteroatoms. The van der Waals surface area contributed by atoms with Crippen LogP contribution >= 0.6 is 0 Å². The van der Waals surface area contributed by atoms with E-state index in [4.69, 9.17) is 9.47 Å². The van der Waals surface area contributed by atoms with Gasteiger partial charge in [0.1, 0.15) is 6.04 Å². The van der Waals surface area contributed by atoms with E-state index in [9.17, 15) is 33.9 Å². The summed E-state index contributed by atoms with van der Waals surface area (Å²) in [5.41, 5.74) is 0.199. The van der Waals surface area contributed by atoms with Crippen LogP contribution in [0, 0.1) is 23.2 Å². The highest BCUT2D eigenvalue weighted by Crippen LogP contribution is 2.33. The Labute approximate surface area is 382 Å². The Hall–Kier alpha value is -4.34. The summed E-state index contributed by atoms with van der Waals surface area (Å²) < 4.78 is 11.9. The van der Waals surface area contributed by atoms with Gasteiger partial charge in [-0.1, -0.05) is 90.4 Å². The second-order valence-electron chi connectivity index (χ2n) is 18.7. The molecule has 0 radical (unpaired) electrons. The number of nitrogens with one attached hydrogen (secondary N) is 3. The lowest BCUT2D eigenvalue weighted by Crippen LogP contribution is -2.56. The standard InChI is InChI=1S/C49H80N6O9/c1-12-33(4)43(38(63-10)30-40(57)55-29-21-24-37(55)45(64-11)34(5)46(60)52-35(6)44(59)36-22-17-16-18-23-36)54(9)41(58)31-51-47(61)42(32(2)3)53(8)39(56)25-28-50-48(62)49(7)26-19-14-13-15-20-27-49/h13-14,16-18,22-23,32-35,37-38,42-45,59H,12,15,19-21,24-31H2,1-11H3,(H,50,62)(H,51,61)(H,52,60)/b14-13+/t33-,34?,35?,37?,38?,42?,43?,44?,45?,49?/m0/s1. The molecule has 3 rings (SSSR count). The number of likely N-dealkylation sites (tertiary alicyclic amines) is 1. The molecule has 1 saturated heterocycles. The first-order chi connectivity index (χ1) is 30.3. The van der Waals surface area contributed by atoms with Crippen molar-refractivity contribution in [2.24, 2.45) is 23.2 Å². The average Bonchev–Trinajstić information content (AvgIpc) is 3.76. The van der Waals surface area contributed by atoms with Crippen LogP contribution < -0.4 is 16.0 Å². The predicted octanol–water partition coefficient (Wildman–Crippen LogP) is 4.78. The zero-order valence-corrected chi connectivity index (χ0v) is 40.6. The number of carbonyl (C=O) groups excluding carboxylic acids is 6. The summed E-state index contributed by atoms with van der Waals surface area (Å²) in [6.45, 7) is 13.5. The van der Waals surface area contributed by atoms with Crippen LogP contribution in [0.4, 0.5) is 0 Å². The highest BCUT2D eigenvalue weighted by atomic mass is 16.5. The molecule has 15 nitrogen and oxygen atoms in total. The number of allylic oxidation sites excluding steroid dienone is 2. The molecule has 1 aliphatic carbocycles. The van der Waals surface area contributed by atoms with Crippen molar-refractivity contribution in [2.75, 3.05) is 47.9 Å². The SMILES string of the molecule is CC[C@H](C)C(C(CC(=O)N1CCCC1C(OC)C(C)C(=O)NC(C)C(O)c1ccccc1)OC)N(C)C(=O)CNC(=O)C(C(C)C)N(C)C(=O)CCNC(=O)C1(C)CC/C=C/CCC1. The van der Waals surface area contributed by atoms with Crippen LogP contribution in [0.2, 0.25) is 0 Å². The quantitative estimate of drug-likeness (QED) is 0.112. The van der Waals surface area contributed by atoms with E-state index < -0.39 is 53.7 Å². The van der Waals surface area contributed by atoms with Crippen molar-refractivity contribution in [3.05, 3.63) is 48.0 Å². The van der Waals surface area contributed by atoms with Gasteiger partial charge < -0.3 is 45.2 Å². The largest absolute Gasteiger partial charge is 0.386 e. The van der Waals surface area contributed by atoms with Crippen LogP contribution in [0.3, 0.4) is 0 Å². The molecule has 4 N–H and O–H groups in total. The Kier molecular flexibility index (Phi) is 21.9. The molecule has 6 amide bonds. The zero-order chi connectivity index (χ0) is 47.7. The lowest BCUT2D eigenvalue weighted by atomic mass is 9.78. The number of nitrogens with zero attached hydrogens (tertiary/aromatic N) is 3. The number of benzene rings is 1. The zero-order valence-electron chi connectivity index (χ0n) is 40.6. The van der Waals surface area contributed by atoms with Gasteiger partial charge in [-0.25, -0.2) is 0 Å². The van der Waals surface area contributed by atoms with Gasteiger partial charge in [-0.3, -0.25) is 28.8 Å². The van der Waals surface area contributed by atoms with Gasteiger partial charge in [0.05, 0.1) is 55.3 Å². The molecule has 1 heterocycles. The van der Waals surface area contributed by atoms with Crippen molar-refractivity contribution in [3.63, 3.8) is 0 Å². The maximum absolute atomic E-state index is 14.2. The molecule has 1 aromatic rings. The van der Waals surface area contributed by atoms with Crippen molar-refractivity contribution >= 4 is 35.4 Å². The molecule has 64 heavy (non-hydrogen) atoms. The molecule has 360 valence electrons. The van der Waals surface area contributed by atoms with Crippen LogP contribution in [0.1, 0.15) is 124 Å². The first-order valence-electron chi connectivity index (χ1n) is 23.4. The second kappa shape index (κ2) is 26.0. The smallest absolute Gasteiger partial charge is 0.243 e. The maximum Gasteiger partial charge on any atom is 0.243 e. The molecular formula is C49H80N6O9. The van der Waals surface area contributed by atoms with Gasteiger partial charge in [0.2, 0.25) is 35.4 Å². The van der Waals surface area contributed by atoms with E-state index in [1.54, 1.807) is 49.9 Å². The number of hydrogen-bond donors (Lipinski definition) is 4. The fraction of sp³-hybridized carbons (Fsp3) is 0.714. The summed E-state index contributed by atoms with van der Waals surface area (Å²) in [6, 6.07) is 6.81. The van der Waals surface area contributed by atoms with Crippen LogP contribution in [0.5, 0.6) is 0 Å². The lowest BCUT2D eigenvalue weighted by Gasteiger charge is -2.39. The number of rotatable bonds is 23. The van der Waals surface area contributed by atoms with Crippen LogP contribution in [0.25, 0.3) is 0 Å². The molecule has 0 saturated carbocycles. The molecule has 2 aliphatic rings. The van der Waals surface area contributed by atoms with E-state index in [1.807, 2.05) is 52.8 Å².